The highest BCUT2D eigenvalue weighted by atomic mass is 16.5. The number of piperazine rings is 1. The SMILES string of the molecule is Cc1noc(C)c1C(=O)N1CCN(C)C2(CCC(=O)N(C)CC2)C1. The van der Waals surface area contributed by atoms with Gasteiger partial charge < -0.3 is 14.3 Å². The minimum Gasteiger partial charge on any atom is -0.361 e. The Hall–Kier alpha value is -1.89. The Morgan fingerprint density at radius 3 is 2.58 bits per heavy atom. The van der Waals surface area contributed by atoms with Crippen LogP contribution in [0.1, 0.15) is 41.1 Å². The average molecular weight is 334 g/mol. The lowest BCUT2D eigenvalue weighted by molar-refractivity contribution is -0.129. The fourth-order valence-corrected chi connectivity index (χ4v) is 3.88. The van der Waals surface area contributed by atoms with Gasteiger partial charge in [0.05, 0.1) is 5.69 Å². The van der Waals surface area contributed by atoms with Crippen molar-refractivity contribution in [2.75, 3.05) is 40.3 Å². The molecule has 1 aromatic rings. The topological polar surface area (TPSA) is 69.9 Å². The van der Waals surface area contributed by atoms with E-state index >= 15 is 0 Å². The first kappa shape index (κ1) is 17.0. The fraction of sp³-hybridized carbons (Fsp3) is 0.706. The smallest absolute Gasteiger partial charge is 0.259 e. The van der Waals surface area contributed by atoms with E-state index in [4.69, 9.17) is 4.52 Å². The predicted octanol–water partition coefficient (Wildman–Crippen LogP) is 1.06. The molecule has 2 saturated heterocycles. The number of rotatable bonds is 1. The van der Waals surface area contributed by atoms with E-state index in [1.54, 1.807) is 18.7 Å². The highest BCUT2D eigenvalue weighted by Gasteiger charge is 2.43. The number of carbonyl (C=O) groups excluding carboxylic acids is 2. The van der Waals surface area contributed by atoms with Crippen molar-refractivity contribution in [1.82, 2.24) is 19.9 Å². The maximum absolute atomic E-state index is 13.0. The molecule has 0 aliphatic carbocycles. The number of aryl methyl sites for hydroxylation is 2. The molecule has 3 rings (SSSR count). The molecule has 1 unspecified atom stereocenters. The van der Waals surface area contributed by atoms with E-state index < -0.39 is 0 Å². The zero-order chi connectivity index (χ0) is 17.5. The maximum atomic E-state index is 13.0. The van der Waals surface area contributed by atoms with Gasteiger partial charge in [-0.2, -0.15) is 0 Å². The van der Waals surface area contributed by atoms with Gasteiger partial charge in [-0.05, 0) is 33.7 Å². The van der Waals surface area contributed by atoms with Gasteiger partial charge in [0.25, 0.3) is 5.91 Å². The van der Waals surface area contributed by atoms with Crippen LogP contribution < -0.4 is 0 Å². The largest absolute Gasteiger partial charge is 0.361 e. The molecule has 2 fully saturated rings. The Morgan fingerprint density at radius 1 is 1.17 bits per heavy atom. The number of nitrogens with zero attached hydrogens (tertiary/aromatic N) is 4. The third-order valence-electron chi connectivity index (χ3n) is 5.68. The Labute approximate surface area is 142 Å². The van der Waals surface area contributed by atoms with Crippen molar-refractivity contribution in [3.05, 3.63) is 17.0 Å². The molecule has 3 heterocycles. The molecule has 2 amide bonds. The summed E-state index contributed by atoms with van der Waals surface area (Å²) in [5.41, 5.74) is 1.09. The molecular weight excluding hydrogens is 308 g/mol. The molecule has 0 radical (unpaired) electrons. The lowest BCUT2D eigenvalue weighted by Gasteiger charge is -2.49. The molecule has 132 valence electrons. The second kappa shape index (κ2) is 6.20. The molecule has 7 nitrogen and oxygen atoms in total. The molecule has 2 aliphatic heterocycles. The summed E-state index contributed by atoms with van der Waals surface area (Å²) in [7, 11) is 3.96. The van der Waals surface area contributed by atoms with E-state index in [2.05, 4.69) is 17.1 Å². The van der Waals surface area contributed by atoms with Crippen LogP contribution in [0.15, 0.2) is 4.52 Å². The molecular formula is C17H26N4O3. The summed E-state index contributed by atoms with van der Waals surface area (Å²) in [6.45, 7) is 6.45. The van der Waals surface area contributed by atoms with Crippen LogP contribution >= 0.6 is 0 Å². The van der Waals surface area contributed by atoms with Crippen LogP contribution in [0.3, 0.4) is 0 Å². The minimum atomic E-state index is -0.132. The lowest BCUT2D eigenvalue weighted by atomic mass is 9.86. The van der Waals surface area contributed by atoms with Gasteiger partial charge in [-0.1, -0.05) is 5.16 Å². The highest BCUT2D eigenvalue weighted by molar-refractivity contribution is 5.96. The Balaban J connectivity index is 1.83. The first-order chi connectivity index (χ1) is 11.3. The third kappa shape index (κ3) is 2.81. The molecule has 24 heavy (non-hydrogen) atoms. The first-order valence-electron chi connectivity index (χ1n) is 8.51. The van der Waals surface area contributed by atoms with Crippen molar-refractivity contribution in [1.29, 1.82) is 0 Å². The minimum absolute atomic E-state index is 0.0114. The summed E-state index contributed by atoms with van der Waals surface area (Å²) in [6.07, 6.45) is 2.21. The normalized spacial score (nSPS) is 26.1. The van der Waals surface area contributed by atoms with Crippen LogP contribution in [-0.2, 0) is 4.79 Å². The van der Waals surface area contributed by atoms with Gasteiger partial charge in [0.2, 0.25) is 5.91 Å². The zero-order valence-corrected chi connectivity index (χ0v) is 15.0. The van der Waals surface area contributed by atoms with Gasteiger partial charge in [-0.3, -0.25) is 14.5 Å². The lowest BCUT2D eigenvalue weighted by Crippen LogP contribution is -2.62. The van der Waals surface area contributed by atoms with Gasteiger partial charge in [-0.25, -0.2) is 0 Å². The van der Waals surface area contributed by atoms with Crippen molar-refractivity contribution >= 4 is 11.8 Å². The Bertz CT molecular complexity index is 637. The number of amides is 2. The third-order valence-corrected chi connectivity index (χ3v) is 5.68. The van der Waals surface area contributed by atoms with E-state index in [1.807, 2.05) is 11.9 Å². The van der Waals surface area contributed by atoms with Gasteiger partial charge in [-0.15, -0.1) is 0 Å². The van der Waals surface area contributed by atoms with Gasteiger partial charge in [0.1, 0.15) is 11.3 Å². The molecule has 1 atom stereocenters. The Morgan fingerprint density at radius 2 is 1.92 bits per heavy atom. The number of aromatic nitrogens is 1. The average Bonchev–Trinajstić information content (AvgIpc) is 2.82. The number of likely N-dealkylation sites (tertiary alicyclic amines) is 1. The number of hydrogen-bond donors (Lipinski definition) is 0. The van der Waals surface area contributed by atoms with Crippen LogP contribution in [-0.4, -0.2) is 77.5 Å². The fourth-order valence-electron chi connectivity index (χ4n) is 3.88. The Kier molecular flexibility index (Phi) is 4.38. The molecule has 2 aliphatic rings. The monoisotopic (exact) mass is 334 g/mol. The standard InChI is InChI=1S/C17H26N4O3/c1-12-15(13(2)24-18-12)16(23)21-10-9-20(4)17(11-21)6-5-14(22)19(3)8-7-17/h5-11H2,1-4H3. The summed E-state index contributed by atoms with van der Waals surface area (Å²) in [5.74, 6) is 0.748. The van der Waals surface area contributed by atoms with E-state index in [0.29, 0.717) is 36.5 Å². The number of likely N-dealkylation sites (N-methyl/N-ethyl adjacent to an activating group) is 1. The van der Waals surface area contributed by atoms with Crippen LogP contribution in [0.2, 0.25) is 0 Å². The summed E-state index contributed by atoms with van der Waals surface area (Å²) in [6, 6.07) is 0. The van der Waals surface area contributed by atoms with Crippen molar-refractivity contribution in [3.8, 4) is 0 Å². The second-order valence-corrected chi connectivity index (χ2v) is 7.14. The van der Waals surface area contributed by atoms with Crippen molar-refractivity contribution < 1.29 is 14.1 Å². The molecule has 1 spiro atoms. The quantitative estimate of drug-likeness (QED) is 0.768. The van der Waals surface area contributed by atoms with Gasteiger partial charge in [0, 0.05) is 45.2 Å². The zero-order valence-electron chi connectivity index (χ0n) is 15.0. The van der Waals surface area contributed by atoms with Gasteiger partial charge in [0.15, 0.2) is 0 Å². The second-order valence-electron chi connectivity index (χ2n) is 7.14. The van der Waals surface area contributed by atoms with Crippen molar-refractivity contribution in [2.24, 2.45) is 0 Å². The molecule has 7 heteroatoms. The first-order valence-corrected chi connectivity index (χ1v) is 8.51. The molecule has 0 saturated carbocycles. The summed E-state index contributed by atoms with van der Waals surface area (Å²) in [5, 5.41) is 3.90. The van der Waals surface area contributed by atoms with E-state index in [0.717, 1.165) is 25.9 Å². The summed E-state index contributed by atoms with van der Waals surface area (Å²) < 4.78 is 5.15. The molecule has 0 bridgehead atoms. The van der Waals surface area contributed by atoms with Crippen LogP contribution in [0.5, 0.6) is 0 Å². The highest BCUT2D eigenvalue weighted by Crippen LogP contribution is 2.32. The van der Waals surface area contributed by atoms with Crippen LogP contribution in [0, 0.1) is 13.8 Å². The summed E-state index contributed by atoms with van der Waals surface area (Å²) >= 11 is 0. The number of hydrogen-bond acceptors (Lipinski definition) is 5. The predicted molar refractivity (Wildman–Crippen MR) is 88.7 cm³/mol. The van der Waals surface area contributed by atoms with Crippen LogP contribution in [0.4, 0.5) is 0 Å². The summed E-state index contributed by atoms with van der Waals surface area (Å²) in [4.78, 5) is 31.1. The molecule has 0 N–H and O–H groups in total. The maximum Gasteiger partial charge on any atom is 0.259 e. The van der Waals surface area contributed by atoms with Crippen molar-refractivity contribution in [2.45, 2.75) is 38.6 Å². The van der Waals surface area contributed by atoms with E-state index in [9.17, 15) is 9.59 Å². The van der Waals surface area contributed by atoms with E-state index in [-0.39, 0.29) is 17.4 Å². The van der Waals surface area contributed by atoms with E-state index in [1.165, 1.54) is 0 Å². The molecule has 1 aromatic heterocycles. The number of carbonyl (C=O) groups is 2. The van der Waals surface area contributed by atoms with Gasteiger partial charge >= 0.3 is 0 Å². The molecule has 0 aromatic carbocycles. The van der Waals surface area contributed by atoms with Crippen LogP contribution in [0.25, 0.3) is 0 Å². The van der Waals surface area contributed by atoms with Crippen molar-refractivity contribution in [3.63, 3.8) is 0 Å².